The van der Waals surface area contributed by atoms with Crippen LogP contribution in [0.15, 0.2) is 60.8 Å². The summed E-state index contributed by atoms with van der Waals surface area (Å²) in [6.45, 7) is 12.4. The highest BCUT2D eigenvalue weighted by atomic mass is 32.2. The molecule has 52 heavy (non-hydrogen) atoms. The fraction of sp³-hybridized carbons (Fsp3) is 0.474. The molecule has 3 amide bonds. The van der Waals surface area contributed by atoms with E-state index in [1.54, 1.807) is 30.5 Å². The van der Waals surface area contributed by atoms with Crippen LogP contribution in [0, 0.1) is 0 Å². The van der Waals surface area contributed by atoms with Crippen LogP contribution in [0.5, 0.6) is 5.75 Å². The SMILES string of the molecule is CC(=O)Nc1ccc([C@@H](CN(CCc2ccc(-c3ccc(C(=O)NS(C)(=O)=O)c(OC4CCCCC4)c3)cc2)C(=O)O)O[Si](C)(C)C(C)(C)C)cn1. The lowest BCUT2D eigenvalue weighted by molar-refractivity contribution is -0.114. The Morgan fingerprint density at radius 3 is 2.21 bits per heavy atom. The number of nitrogens with zero attached hydrogens (tertiary/aromatic N) is 2. The van der Waals surface area contributed by atoms with Gasteiger partial charge in [-0.3, -0.25) is 9.59 Å². The maximum atomic E-state index is 12.9. The number of amides is 3. The van der Waals surface area contributed by atoms with E-state index in [0.29, 0.717) is 18.0 Å². The highest BCUT2D eigenvalue weighted by Gasteiger charge is 2.40. The van der Waals surface area contributed by atoms with E-state index in [1.807, 2.05) is 35.1 Å². The van der Waals surface area contributed by atoms with Gasteiger partial charge < -0.3 is 24.5 Å². The second kappa shape index (κ2) is 17.0. The van der Waals surface area contributed by atoms with Crippen molar-refractivity contribution in [2.45, 2.75) is 96.6 Å². The zero-order valence-electron chi connectivity index (χ0n) is 31.2. The first kappa shape index (κ1) is 40.5. The molecule has 1 aromatic heterocycles. The molecular weight excluding hydrogens is 701 g/mol. The van der Waals surface area contributed by atoms with Gasteiger partial charge in [0.25, 0.3) is 5.91 Å². The van der Waals surface area contributed by atoms with Crippen LogP contribution in [0.4, 0.5) is 10.6 Å². The van der Waals surface area contributed by atoms with E-state index in [1.165, 1.54) is 11.8 Å². The van der Waals surface area contributed by atoms with E-state index in [9.17, 15) is 27.9 Å². The number of benzene rings is 2. The zero-order chi connectivity index (χ0) is 38.3. The van der Waals surface area contributed by atoms with Crippen LogP contribution in [-0.2, 0) is 25.7 Å². The molecule has 12 nitrogen and oxygen atoms in total. The van der Waals surface area contributed by atoms with Gasteiger partial charge in [0.05, 0.1) is 30.6 Å². The van der Waals surface area contributed by atoms with Gasteiger partial charge in [0.1, 0.15) is 11.6 Å². The summed E-state index contributed by atoms with van der Waals surface area (Å²) in [6, 6.07) is 16.4. The third-order valence-electron chi connectivity index (χ3n) is 9.67. The van der Waals surface area contributed by atoms with Crippen molar-refractivity contribution in [1.29, 1.82) is 0 Å². The minimum absolute atomic E-state index is 0.0559. The van der Waals surface area contributed by atoms with Crippen molar-refractivity contribution in [3.63, 3.8) is 0 Å². The lowest BCUT2D eigenvalue weighted by Crippen LogP contribution is -2.45. The maximum absolute atomic E-state index is 12.9. The number of carbonyl (C=O) groups is 3. The Bertz CT molecular complexity index is 1820. The van der Waals surface area contributed by atoms with Crippen molar-refractivity contribution >= 4 is 42.1 Å². The predicted octanol–water partition coefficient (Wildman–Crippen LogP) is 7.39. The normalized spacial score (nSPS) is 14.7. The smallest absolute Gasteiger partial charge is 0.407 e. The number of hydrogen-bond acceptors (Lipinski definition) is 8. The molecule has 2 aromatic carbocycles. The molecular formula is C38H52N4O8SSi. The first-order chi connectivity index (χ1) is 24.3. The average Bonchev–Trinajstić information content (AvgIpc) is 3.05. The summed E-state index contributed by atoms with van der Waals surface area (Å²) < 4.78 is 38.7. The summed E-state index contributed by atoms with van der Waals surface area (Å²) in [5.41, 5.74) is 3.47. The molecule has 1 atom stereocenters. The monoisotopic (exact) mass is 752 g/mol. The number of nitrogens with one attached hydrogen (secondary N) is 2. The van der Waals surface area contributed by atoms with Crippen LogP contribution in [0.25, 0.3) is 11.1 Å². The van der Waals surface area contributed by atoms with Gasteiger partial charge in [-0.15, -0.1) is 0 Å². The third kappa shape index (κ3) is 11.6. The van der Waals surface area contributed by atoms with Crippen LogP contribution < -0.4 is 14.8 Å². The maximum Gasteiger partial charge on any atom is 0.407 e. The van der Waals surface area contributed by atoms with Crippen molar-refractivity contribution in [3.8, 4) is 16.9 Å². The molecule has 1 aliphatic carbocycles. The molecule has 0 aliphatic heterocycles. The lowest BCUT2D eigenvalue weighted by atomic mass is 9.97. The molecule has 0 bridgehead atoms. The molecule has 0 radical (unpaired) electrons. The minimum Gasteiger partial charge on any atom is -0.490 e. The summed E-state index contributed by atoms with van der Waals surface area (Å²) >= 11 is 0. The molecule has 1 fully saturated rings. The summed E-state index contributed by atoms with van der Waals surface area (Å²) in [5, 5.41) is 12.8. The number of ether oxygens (including phenoxy) is 1. The Hall–Kier alpha value is -4.27. The predicted molar refractivity (Wildman–Crippen MR) is 205 cm³/mol. The van der Waals surface area contributed by atoms with Gasteiger partial charge in [-0.1, -0.05) is 63.6 Å². The number of sulfonamides is 1. The van der Waals surface area contributed by atoms with Crippen molar-refractivity contribution in [3.05, 3.63) is 77.5 Å². The van der Waals surface area contributed by atoms with Crippen LogP contribution in [0.1, 0.15) is 87.4 Å². The topological polar surface area (TPSA) is 164 Å². The van der Waals surface area contributed by atoms with Gasteiger partial charge >= 0.3 is 6.09 Å². The molecule has 1 saturated carbocycles. The summed E-state index contributed by atoms with van der Waals surface area (Å²) in [6.07, 6.45) is 6.27. The number of carbonyl (C=O) groups excluding carboxylic acids is 2. The molecule has 3 N–H and O–H groups in total. The number of pyridine rings is 1. The molecule has 1 aliphatic rings. The Balaban J connectivity index is 1.52. The van der Waals surface area contributed by atoms with E-state index in [0.717, 1.165) is 60.6 Å². The number of rotatable bonds is 14. The highest BCUT2D eigenvalue weighted by Crippen LogP contribution is 2.40. The largest absolute Gasteiger partial charge is 0.490 e. The van der Waals surface area contributed by atoms with Crippen molar-refractivity contribution < 1.29 is 37.1 Å². The highest BCUT2D eigenvalue weighted by molar-refractivity contribution is 7.89. The standard InChI is InChI=1S/C38H52N4O8SSi/c1-26(43)40-35-20-18-30(24-39-35)34(50-52(6,7)38(2,3)4)25-42(37(45)46)22-21-27-13-15-28(16-14-27)29-17-19-32(36(44)41-51(5,47)48)33(23-29)49-31-11-9-8-10-12-31/h13-20,23-24,31,34H,8-12,21-22,25H2,1-7H3,(H,41,44)(H,45,46)(H,39,40,43)/t34-/m1/s1. The molecule has 282 valence electrons. The molecule has 14 heteroatoms. The fourth-order valence-corrected chi connectivity index (χ4v) is 7.48. The minimum atomic E-state index is -3.76. The molecule has 3 aromatic rings. The van der Waals surface area contributed by atoms with Crippen molar-refractivity contribution in [2.75, 3.05) is 24.7 Å². The second-order valence-electron chi connectivity index (χ2n) is 15.0. The van der Waals surface area contributed by atoms with Gasteiger partial charge in [-0.2, -0.15) is 0 Å². The van der Waals surface area contributed by atoms with Crippen LogP contribution in [0.3, 0.4) is 0 Å². The van der Waals surface area contributed by atoms with E-state index in [4.69, 9.17) is 9.16 Å². The average molecular weight is 753 g/mol. The van der Waals surface area contributed by atoms with E-state index in [2.05, 4.69) is 44.2 Å². The van der Waals surface area contributed by atoms with Gasteiger partial charge in [0, 0.05) is 19.7 Å². The van der Waals surface area contributed by atoms with Crippen LogP contribution >= 0.6 is 0 Å². The number of hydrogen-bond donors (Lipinski definition) is 3. The third-order valence-corrected chi connectivity index (χ3v) is 14.7. The van der Waals surface area contributed by atoms with Crippen molar-refractivity contribution in [1.82, 2.24) is 14.6 Å². The quantitative estimate of drug-likeness (QED) is 0.142. The molecule has 0 saturated heterocycles. The Morgan fingerprint density at radius 1 is 1.00 bits per heavy atom. The van der Waals surface area contributed by atoms with E-state index in [-0.39, 0.29) is 35.7 Å². The van der Waals surface area contributed by atoms with Gasteiger partial charge in [0.15, 0.2) is 8.32 Å². The molecule has 0 spiro atoms. The number of anilines is 1. The van der Waals surface area contributed by atoms with Crippen LogP contribution in [-0.4, -0.2) is 75.1 Å². The number of carboxylic acid groups (broad SMARTS) is 1. The Kier molecular flexibility index (Phi) is 13.3. The van der Waals surface area contributed by atoms with Gasteiger partial charge in [0.2, 0.25) is 15.9 Å². The van der Waals surface area contributed by atoms with Crippen LogP contribution in [0.2, 0.25) is 18.1 Å². The lowest BCUT2D eigenvalue weighted by Gasteiger charge is -2.40. The van der Waals surface area contributed by atoms with E-state index < -0.39 is 36.4 Å². The Morgan fingerprint density at radius 2 is 1.65 bits per heavy atom. The van der Waals surface area contributed by atoms with E-state index >= 15 is 0 Å². The fourth-order valence-electron chi connectivity index (χ4n) is 5.76. The summed E-state index contributed by atoms with van der Waals surface area (Å²) in [4.78, 5) is 42.6. The molecule has 1 heterocycles. The van der Waals surface area contributed by atoms with Gasteiger partial charge in [-0.05, 0) is 90.7 Å². The molecule has 0 unspecified atom stereocenters. The van der Waals surface area contributed by atoms with Gasteiger partial charge in [-0.25, -0.2) is 22.9 Å². The summed E-state index contributed by atoms with van der Waals surface area (Å²) in [5.74, 6) is -0.237. The second-order valence-corrected chi connectivity index (χ2v) is 21.5. The first-order valence-electron chi connectivity index (χ1n) is 17.6. The summed E-state index contributed by atoms with van der Waals surface area (Å²) in [7, 11) is -6.09. The zero-order valence-corrected chi connectivity index (χ0v) is 33.0. The van der Waals surface area contributed by atoms with Crippen molar-refractivity contribution in [2.24, 2.45) is 0 Å². The number of aromatic nitrogens is 1. The Labute approximate surface area is 308 Å². The first-order valence-corrected chi connectivity index (χ1v) is 22.4. The molecule has 4 rings (SSSR count).